The van der Waals surface area contributed by atoms with Crippen molar-refractivity contribution in [1.29, 1.82) is 0 Å². The first-order chi connectivity index (χ1) is 4.79. The fourth-order valence-electron chi connectivity index (χ4n) is 0.144. The maximum Gasteiger partial charge on any atom is 1.00 e. The standard InChI is InChI=1S/C2H6O4S.BF3.Li/c1-2-6-7(3,4)5;2-1(3)4;/h2H2,1H3,(H,3,4,5);;/q;;+1/p-1. The van der Waals surface area contributed by atoms with E-state index in [0.29, 0.717) is 0 Å². The molecular formula is C2H5BF3LiO4S. The van der Waals surface area contributed by atoms with Crippen LogP contribution in [0.5, 0.6) is 0 Å². The summed E-state index contributed by atoms with van der Waals surface area (Å²) in [5.74, 6) is 0. The summed E-state index contributed by atoms with van der Waals surface area (Å²) < 4.78 is 61.0. The normalized spacial score (nSPS) is 9.08. The van der Waals surface area contributed by atoms with Crippen LogP contribution in [0.1, 0.15) is 6.92 Å². The van der Waals surface area contributed by atoms with E-state index in [-0.39, 0.29) is 25.5 Å². The molecule has 0 atom stereocenters. The van der Waals surface area contributed by atoms with E-state index in [1.165, 1.54) is 6.92 Å². The molecule has 0 saturated carbocycles. The molecule has 0 aromatic carbocycles. The minimum absolute atomic E-state index is 0. The molecule has 0 unspecified atom stereocenters. The number of halogens is 3. The van der Waals surface area contributed by atoms with E-state index < -0.39 is 17.9 Å². The monoisotopic (exact) mass is 200 g/mol. The van der Waals surface area contributed by atoms with Crippen LogP contribution in [0, 0.1) is 0 Å². The third-order valence-electron chi connectivity index (χ3n) is 0.262. The Labute approximate surface area is 80.8 Å². The fraction of sp³-hybridized carbons (Fsp3) is 1.00. The molecule has 10 heteroatoms. The molecule has 0 amide bonds. The van der Waals surface area contributed by atoms with Crippen molar-refractivity contribution in [1.82, 2.24) is 0 Å². The average Bonchev–Trinajstić information content (AvgIpc) is 1.58. The molecule has 0 N–H and O–H groups in total. The van der Waals surface area contributed by atoms with Crippen LogP contribution in [0.3, 0.4) is 0 Å². The van der Waals surface area contributed by atoms with Crippen molar-refractivity contribution >= 4 is 17.9 Å². The van der Waals surface area contributed by atoms with E-state index in [1.807, 2.05) is 0 Å². The van der Waals surface area contributed by atoms with Crippen molar-refractivity contribution in [3.63, 3.8) is 0 Å². The van der Waals surface area contributed by atoms with E-state index >= 15 is 0 Å². The van der Waals surface area contributed by atoms with Gasteiger partial charge in [-0.15, -0.1) is 0 Å². The van der Waals surface area contributed by atoms with Crippen LogP contribution in [-0.2, 0) is 14.6 Å². The molecule has 12 heavy (non-hydrogen) atoms. The zero-order valence-corrected chi connectivity index (χ0v) is 7.28. The second kappa shape index (κ2) is 9.41. The molecule has 0 saturated heterocycles. The second-order valence-electron chi connectivity index (χ2n) is 1.06. The van der Waals surface area contributed by atoms with Crippen molar-refractivity contribution < 1.29 is 49.0 Å². The van der Waals surface area contributed by atoms with Gasteiger partial charge in [0.1, 0.15) is 0 Å². The van der Waals surface area contributed by atoms with Gasteiger partial charge in [-0.1, -0.05) is 0 Å². The topological polar surface area (TPSA) is 66.4 Å². The molecule has 0 aromatic rings. The molecule has 0 aromatic heterocycles. The molecule has 0 aliphatic heterocycles. The van der Waals surface area contributed by atoms with E-state index in [4.69, 9.17) is 0 Å². The van der Waals surface area contributed by atoms with Crippen molar-refractivity contribution in [2.24, 2.45) is 0 Å². The Morgan fingerprint density at radius 1 is 1.42 bits per heavy atom. The van der Waals surface area contributed by atoms with Crippen molar-refractivity contribution in [3.05, 3.63) is 0 Å². The molecule has 68 valence electrons. The van der Waals surface area contributed by atoms with E-state index in [1.54, 1.807) is 0 Å². The molecule has 0 spiro atoms. The number of hydrogen-bond acceptors (Lipinski definition) is 4. The smallest absolute Gasteiger partial charge is 0.726 e. The van der Waals surface area contributed by atoms with Crippen molar-refractivity contribution in [2.45, 2.75) is 6.92 Å². The Morgan fingerprint density at radius 3 is 1.67 bits per heavy atom. The van der Waals surface area contributed by atoms with E-state index in [9.17, 15) is 25.9 Å². The van der Waals surface area contributed by atoms with Crippen LogP contribution in [0.25, 0.3) is 0 Å². The summed E-state index contributed by atoms with van der Waals surface area (Å²) in [7, 11) is -8.09. The predicted molar refractivity (Wildman–Crippen MR) is 30.4 cm³/mol. The zero-order valence-electron chi connectivity index (χ0n) is 6.46. The zero-order chi connectivity index (χ0) is 9.49. The van der Waals surface area contributed by atoms with Gasteiger partial charge in [0.05, 0.1) is 6.61 Å². The SMILES string of the molecule is CCOS(=O)(=O)[O-].FB(F)F.[Li+]. The first-order valence-corrected chi connectivity index (χ1v) is 3.65. The van der Waals surface area contributed by atoms with Gasteiger partial charge in [0.2, 0.25) is 10.4 Å². The molecule has 0 aliphatic carbocycles. The maximum atomic E-state index is 9.67. The number of hydrogen-bond donors (Lipinski definition) is 0. The Bertz CT molecular complexity index is 170. The molecule has 0 heterocycles. The molecule has 0 fully saturated rings. The van der Waals surface area contributed by atoms with Crippen LogP contribution in [0.4, 0.5) is 12.9 Å². The third-order valence-corrected chi connectivity index (χ3v) is 0.787. The summed E-state index contributed by atoms with van der Waals surface area (Å²) in [6.07, 6.45) is 0. The van der Waals surface area contributed by atoms with Gasteiger partial charge in [0.15, 0.2) is 0 Å². The Hall–Kier alpha value is 0.322. The summed E-state index contributed by atoms with van der Waals surface area (Å²) in [6, 6.07) is 0. The van der Waals surface area contributed by atoms with Gasteiger partial charge in [-0.05, 0) is 6.92 Å². The summed E-state index contributed by atoms with van der Waals surface area (Å²) in [5, 5.41) is 0. The van der Waals surface area contributed by atoms with Gasteiger partial charge in [0, 0.05) is 0 Å². The molecule has 0 rings (SSSR count). The van der Waals surface area contributed by atoms with Crippen LogP contribution in [-0.4, -0.2) is 27.1 Å². The van der Waals surface area contributed by atoms with Crippen molar-refractivity contribution in [3.8, 4) is 0 Å². The minimum atomic E-state index is -4.42. The first-order valence-electron chi connectivity index (χ1n) is 2.32. The third kappa shape index (κ3) is 48.0. The molecular weight excluding hydrogens is 195 g/mol. The van der Waals surface area contributed by atoms with Gasteiger partial charge in [-0.3, -0.25) is 17.1 Å². The van der Waals surface area contributed by atoms with E-state index in [0.717, 1.165) is 0 Å². The summed E-state index contributed by atoms with van der Waals surface area (Å²) >= 11 is 0. The van der Waals surface area contributed by atoms with Gasteiger partial charge < -0.3 is 4.55 Å². The Balaban J connectivity index is -0.000000142. The maximum absolute atomic E-state index is 9.67. The minimum Gasteiger partial charge on any atom is -0.726 e. The molecule has 0 aliphatic rings. The van der Waals surface area contributed by atoms with Crippen LogP contribution < -0.4 is 18.9 Å². The van der Waals surface area contributed by atoms with Gasteiger partial charge in [0.25, 0.3) is 0 Å². The van der Waals surface area contributed by atoms with Crippen LogP contribution in [0.2, 0.25) is 0 Å². The molecule has 0 radical (unpaired) electrons. The summed E-state index contributed by atoms with van der Waals surface area (Å²) in [4.78, 5) is 0. The van der Waals surface area contributed by atoms with Crippen LogP contribution >= 0.6 is 0 Å². The Kier molecular flexibility index (Phi) is 14.3. The van der Waals surface area contributed by atoms with Crippen molar-refractivity contribution in [2.75, 3.05) is 6.61 Å². The molecule has 0 bridgehead atoms. The quantitative estimate of drug-likeness (QED) is 0.277. The van der Waals surface area contributed by atoms with Gasteiger partial charge >= 0.3 is 26.4 Å². The average molecular weight is 200 g/mol. The largest absolute Gasteiger partial charge is 1.00 e. The predicted octanol–water partition coefficient (Wildman–Crippen LogP) is -2.63. The van der Waals surface area contributed by atoms with Gasteiger partial charge in [-0.25, -0.2) is 8.42 Å². The second-order valence-corrected chi connectivity index (χ2v) is 2.11. The number of rotatable bonds is 2. The van der Waals surface area contributed by atoms with Crippen LogP contribution in [0.15, 0.2) is 0 Å². The Morgan fingerprint density at radius 2 is 1.67 bits per heavy atom. The summed E-state index contributed by atoms with van der Waals surface area (Å²) in [6.45, 7) is 1.33. The van der Waals surface area contributed by atoms with E-state index in [2.05, 4.69) is 4.18 Å². The molecule has 4 nitrogen and oxygen atoms in total. The fourth-order valence-corrected chi connectivity index (χ4v) is 0.433. The first kappa shape index (κ1) is 18.2. The summed E-state index contributed by atoms with van der Waals surface area (Å²) in [5.41, 5.74) is 0. The van der Waals surface area contributed by atoms with Gasteiger partial charge in [-0.2, -0.15) is 0 Å².